The molecule has 1 aromatic heterocycles. The van der Waals surface area contributed by atoms with Gasteiger partial charge >= 0.3 is 0 Å². The van der Waals surface area contributed by atoms with Gasteiger partial charge in [0.15, 0.2) is 40.1 Å². The molecule has 2 aliphatic heterocycles. The van der Waals surface area contributed by atoms with Gasteiger partial charge in [0.25, 0.3) is 5.91 Å². The van der Waals surface area contributed by atoms with E-state index >= 15 is 0 Å². The Morgan fingerprint density at radius 3 is 2.56 bits per heavy atom. The number of hydrogen-bond acceptors (Lipinski definition) is 11. The number of aliphatic hydroxyl groups is 3. The number of furan rings is 1. The molecule has 0 saturated heterocycles. The Bertz CT molecular complexity index is 1920. The highest BCUT2D eigenvalue weighted by Gasteiger charge is 2.51. The van der Waals surface area contributed by atoms with Gasteiger partial charge < -0.3 is 53.6 Å². The summed E-state index contributed by atoms with van der Waals surface area (Å²) in [7, 11) is 2.96. The van der Waals surface area contributed by atoms with Crippen LogP contribution in [0.15, 0.2) is 70.7 Å². The van der Waals surface area contributed by atoms with Gasteiger partial charge in [-0.1, -0.05) is 18.2 Å². The normalized spacial score (nSPS) is 20.4. The lowest BCUT2D eigenvalue weighted by atomic mass is 9.77. The van der Waals surface area contributed by atoms with Crippen molar-refractivity contribution < 1.29 is 53.0 Å². The molecule has 1 aliphatic carbocycles. The molecule has 48 heavy (non-hydrogen) atoms. The molecule has 0 bridgehead atoms. The van der Waals surface area contributed by atoms with E-state index < -0.39 is 36.0 Å². The second-order valence-electron chi connectivity index (χ2n) is 11.6. The van der Waals surface area contributed by atoms with E-state index in [9.17, 15) is 24.9 Å². The van der Waals surface area contributed by atoms with Crippen molar-refractivity contribution in [1.82, 2.24) is 10.2 Å². The van der Waals surface area contributed by atoms with Gasteiger partial charge in [-0.2, -0.15) is 0 Å². The molecule has 0 fully saturated rings. The molecule has 3 aliphatic rings. The molecule has 0 saturated carbocycles. The second kappa shape index (κ2) is 12.8. The number of fused-ring (bicyclic) bond motifs is 5. The summed E-state index contributed by atoms with van der Waals surface area (Å²) in [4.78, 5) is 29.7. The van der Waals surface area contributed by atoms with Gasteiger partial charge in [0, 0.05) is 29.6 Å². The van der Waals surface area contributed by atoms with Crippen LogP contribution in [-0.4, -0.2) is 84.4 Å². The molecular weight excluding hydrogens is 624 g/mol. The summed E-state index contributed by atoms with van der Waals surface area (Å²) < 4.78 is 34.4. The number of aliphatic hydroxyl groups excluding tert-OH is 3. The third-order valence-electron chi connectivity index (χ3n) is 8.84. The van der Waals surface area contributed by atoms with E-state index in [1.807, 2.05) is 0 Å². The van der Waals surface area contributed by atoms with Crippen LogP contribution in [0.5, 0.6) is 28.7 Å². The second-order valence-corrected chi connectivity index (χ2v) is 11.6. The van der Waals surface area contributed by atoms with Crippen LogP contribution >= 0.6 is 0 Å². The summed E-state index contributed by atoms with van der Waals surface area (Å²) >= 11 is 0. The summed E-state index contributed by atoms with van der Waals surface area (Å²) in [6.07, 6.45) is -0.796. The van der Waals surface area contributed by atoms with Crippen LogP contribution in [0.25, 0.3) is 11.0 Å². The van der Waals surface area contributed by atoms with Crippen molar-refractivity contribution in [3.05, 3.63) is 88.7 Å². The van der Waals surface area contributed by atoms with Gasteiger partial charge in [0.05, 0.1) is 39.4 Å². The van der Waals surface area contributed by atoms with Gasteiger partial charge in [0.1, 0.15) is 12.2 Å². The van der Waals surface area contributed by atoms with Crippen molar-refractivity contribution >= 4 is 22.8 Å². The average molecular weight is 659 g/mol. The Hall–Kier alpha value is -5.24. The molecule has 7 rings (SSSR count). The number of nitrogens with one attached hydrogen (secondary N) is 1. The molecule has 4 aromatic rings. The average Bonchev–Trinajstić information content (AvgIpc) is 3.86. The molecule has 4 atom stereocenters. The van der Waals surface area contributed by atoms with Crippen molar-refractivity contribution in [2.45, 2.75) is 37.3 Å². The Morgan fingerprint density at radius 2 is 1.79 bits per heavy atom. The minimum Gasteiger partial charge on any atom is -0.493 e. The molecule has 13 nitrogen and oxygen atoms in total. The minimum absolute atomic E-state index is 0.00543. The lowest BCUT2D eigenvalue weighted by molar-refractivity contribution is -0.118. The third kappa shape index (κ3) is 5.35. The van der Waals surface area contributed by atoms with Crippen LogP contribution in [0, 0.1) is 0 Å². The fraction of sp³-hybridized carbons (Fsp3) is 0.314. The van der Waals surface area contributed by atoms with Gasteiger partial charge in [-0.05, 0) is 53.6 Å². The number of para-hydroxylation sites is 1. The maximum absolute atomic E-state index is 14.5. The number of ether oxygens (including phenoxy) is 5. The zero-order valence-corrected chi connectivity index (χ0v) is 26.2. The van der Waals surface area contributed by atoms with Crippen LogP contribution in [-0.2, 0) is 17.9 Å². The molecule has 250 valence electrons. The number of nitrogens with zero attached hydrogens (tertiary/aromatic N) is 1. The van der Waals surface area contributed by atoms with Gasteiger partial charge in [-0.15, -0.1) is 0 Å². The van der Waals surface area contributed by atoms with Crippen LogP contribution in [0.3, 0.4) is 0 Å². The first-order valence-corrected chi connectivity index (χ1v) is 15.4. The molecule has 4 N–H and O–H groups in total. The first kappa shape index (κ1) is 31.4. The number of carbonyl (C=O) groups excluding carboxylic acids is 2. The van der Waals surface area contributed by atoms with Crippen LogP contribution in [0.2, 0.25) is 0 Å². The highest BCUT2D eigenvalue weighted by molar-refractivity contribution is 5.99. The summed E-state index contributed by atoms with van der Waals surface area (Å²) in [5.74, 6) is 0.330. The Balaban J connectivity index is 1.35. The van der Waals surface area contributed by atoms with Crippen molar-refractivity contribution in [3.63, 3.8) is 0 Å². The zero-order valence-electron chi connectivity index (χ0n) is 26.2. The topological polar surface area (TPSA) is 169 Å². The molecule has 3 aromatic carbocycles. The van der Waals surface area contributed by atoms with Gasteiger partial charge in [-0.25, -0.2) is 0 Å². The van der Waals surface area contributed by atoms with E-state index in [1.165, 1.54) is 19.1 Å². The molecular formula is C35H34N2O11. The standard InChI is InChI=1S/C35H34N2O11/c1-43-25-5-3-4-20-13-28(47-31(20)25)35(42)37(15-18-6-7-24-26(11-18)46-17-45-24)23-14-22(34(41)36-8-9-38)29-21-10-19(16-39)12-27(44-2)32(21)48-33(29)30(23)40/h3-7,10-14,23,29-30,33,38-40H,8-9,15-17H2,1-2H3,(H,36,41). The fourth-order valence-corrected chi connectivity index (χ4v) is 6.61. The van der Waals surface area contributed by atoms with Gasteiger partial charge in [-0.3, -0.25) is 9.59 Å². The maximum Gasteiger partial charge on any atom is 0.290 e. The third-order valence-corrected chi connectivity index (χ3v) is 8.84. The van der Waals surface area contributed by atoms with Crippen molar-refractivity contribution in [1.29, 1.82) is 0 Å². The van der Waals surface area contributed by atoms with E-state index in [0.29, 0.717) is 56.4 Å². The van der Waals surface area contributed by atoms with E-state index in [4.69, 9.17) is 28.1 Å². The number of carbonyl (C=O) groups is 2. The van der Waals surface area contributed by atoms with E-state index in [-0.39, 0.29) is 44.4 Å². The van der Waals surface area contributed by atoms with Gasteiger partial charge in [0.2, 0.25) is 12.7 Å². The Labute approximate surface area is 274 Å². The molecule has 4 unspecified atom stereocenters. The predicted octanol–water partition coefficient (Wildman–Crippen LogP) is 2.64. The largest absolute Gasteiger partial charge is 0.493 e. The summed E-state index contributed by atoms with van der Waals surface area (Å²) in [5.41, 5.74) is 2.34. The lowest BCUT2D eigenvalue weighted by Gasteiger charge is -2.40. The number of benzene rings is 3. The van der Waals surface area contributed by atoms with Crippen LogP contribution < -0.4 is 29.0 Å². The smallest absolute Gasteiger partial charge is 0.290 e. The quantitative estimate of drug-likeness (QED) is 0.198. The SMILES string of the molecule is COc1cc(CO)cc2c1OC1C2C(C(=O)NCCO)=CC(N(Cc2ccc3c(c2)OCO3)C(=O)c2cc3cccc(OC)c3o2)C1O. The number of amides is 2. The summed E-state index contributed by atoms with van der Waals surface area (Å²) in [5, 5.41) is 34.8. The zero-order chi connectivity index (χ0) is 33.5. The Morgan fingerprint density at radius 1 is 0.979 bits per heavy atom. The molecule has 0 spiro atoms. The lowest BCUT2D eigenvalue weighted by Crippen LogP contribution is -2.55. The number of hydrogen-bond donors (Lipinski definition) is 4. The molecule has 3 heterocycles. The Kier molecular flexibility index (Phi) is 8.33. The monoisotopic (exact) mass is 658 g/mol. The van der Waals surface area contributed by atoms with Crippen molar-refractivity contribution in [3.8, 4) is 28.7 Å². The molecule has 0 radical (unpaired) electrons. The predicted molar refractivity (Wildman–Crippen MR) is 169 cm³/mol. The van der Waals surface area contributed by atoms with Crippen molar-refractivity contribution in [2.24, 2.45) is 0 Å². The summed E-state index contributed by atoms with van der Waals surface area (Å²) in [6.45, 7) is -0.549. The maximum atomic E-state index is 14.5. The highest BCUT2D eigenvalue weighted by Crippen LogP contribution is 2.51. The van der Waals surface area contributed by atoms with Crippen LogP contribution in [0.1, 0.15) is 33.2 Å². The summed E-state index contributed by atoms with van der Waals surface area (Å²) in [6, 6.07) is 14.4. The fourth-order valence-electron chi connectivity index (χ4n) is 6.61. The van der Waals surface area contributed by atoms with E-state index in [1.54, 1.807) is 60.7 Å². The number of methoxy groups -OCH3 is 2. The highest BCUT2D eigenvalue weighted by atomic mass is 16.7. The first-order valence-electron chi connectivity index (χ1n) is 15.4. The van der Waals surface area contributed by atoms with E-state index in [2.05, 4.69) is 5.32 Å². The van der Waals surface area contributed by atoms with Crippen molar-refractivity contribution in [2.75, 3.05) is 34.2 Å². The number of rotatable bonds is 10. The molecule has 2 amide bonds. The first-order chi connectivity index (χ1) is 23.3. The van der Waals surface area contributed by atoms with Crippen LogP contribution in [0.4, 0.5) is 0 Å². The minimum atomic E-state index is -1.34. The molecule has 13 heteroatoms. The van der Waals surface area contributed by atoms with E-state index in [0.717, 1.165) is 0 Å².